The number of allylic oxidation sites excluding steroid dienone is 1. The highest BCUT2D eigenvalue weighted by Gasteiger charge is 2.23. The van der Waals surface area contributed by atoms with Gasteiger partial charge in [0.15, 0.2) is 0 Å². The average molecular weight is 241 g/mol. The van der Waals surface area contributed by atoms with Crippen molar-refractivity contribution < 1.29 is 4.79 Å². The smallest absolute Gasteiger partial charge is 0.244 e. The molecular weight excluding hydrogens is 222 g/mol. The van der Waals surface area contributed by atoms with Crippen LogP contribution in [-0.2, 0) is 11.2 Å². The molecule has 0 saturated heterocycles. The van der Waals surface area contributed by atoms with E-state index in [1.54, 1.807) is 0 Å². The van der Waals surface area contributed by atoms with Crippen LogP contribution in [0.4, 0.5) is 0 Å². The van der Waals surface area contributed by atoms with Gasteiger partial charge in [0.25, 0.3) is 0 Å². The van der Waals surface area contributed by atoms with Gasteiger partial charge >= 0.3 is 0 Å². The highest BCUT2D eigenvalue weighted by atomic mass is 16.1. The highest BCUT2D eigenvalue weighted by molar-refractivity contribution is 5.96. The molecule has 0 atom stereocenters. The van der Waals surface area contributed by atoms with Gasteiger partial charge in [-0.1, -0.05) is 23.8 Å². The van der Waals surface area contributed by atoms with Gasteiger partial charge in [0.1, 0.15) is 0 Å². The monoisotopic (exact) mass is 241 g/mol. The van der Waals surface area contributed by atoms with E-state index in [0.717, 1.165) is 32.1 Å². The van der Waals surface area contributed by atoms with E-state index in [2.05, 4.69) is 30.4 Å². The van der Waals surface area contributed by atoms with Gasteiger partial charge in [-0.2, -0.15) is 0 Å². The molecular formula is C16H19NO. The summed E-state index contributed by atoms with van der Waals surface area (Å²) in [6, 6.07) is 7.02. The van der Waals surface area contributed by atoms with Crippen LogP contribution >= 0.6 is 0 Å². The standard InChI is InChI=1S/C16H19NO/c1-11-5-6-12-3-2-4-13(15(12)9-11)10-16(18)17-14-7-8-14/h5-6,9-10,14H,2-4,7-8H2,1H3,(H,17,18)/b13-10+. The lowest BCUT2D eigenvalue weighted by Gasteiger charge is -2.19. The summed E-state index contributed by atoms with van der Waals surface area (Å²) in [5.41, 5.74) is 5.15. The molecule has 0 unspecified atom stereocenters. The first-order chi connectivity index (χ1) is 8.72. The van der Waals surface area contributed by atoms with Crippen molar-refractivity contribution in [2.24, 2.45) is 0 Å². The van der Waals surface area contributed by atoms with Gasteiger partial charge in [-0.05, 0) is 55.7 Å². The third kappa shape index (κ3) is 2.47. The van der Waals surface area contributed by atoms with Crippen molar-refractivity contribution in [2.75, 3.05) is 0 Å². The number of rotatable bonds is 2. The van der Waals surface area contributed by atoms with E-state index >= 15 is 0 Å². The van der Waals surface area contributed by atoms with Crippen molar-refractivity contribution in [1.82, 2.24) is 5.32 Å². The molecule has 1 aromatic rings. The Hall–Kier alpha value is -1.57. The van der Waals surface area contributed by atoms with Gasteiger partial charge in [-0.15, -0.1) is 0 Å². The molecule has 3 rings (SSSR count). The first kappa shape index (κ1) is 11.5. The van der Waals surface area contributed by atoms with Crippen molar-refractivity contribution in [3.8, 4) is 0 Å². The van der Waals surface area contributed by atoms with E-state index in [9.17, 15) is 4.79 Å². The molecule has 94 valence electrons. The third-order valence-electron chi connectivity index (χ3n) is 3.73. The molecule has 2 heteroatoms. The normalized spacial score (nSPS) is 20.6. The van der Waals surface area contributed by atoms with Crippen LogP contribution in [0.15, 0.2) is 24.3 Å². The maximum Gasteiger partial charge on any atom is 0.244 e. The predicted molar refractivity (Wildman–Crippen MR) is 73.3 cm³/mol. The maximum atomic E-state index is 11.9. The Balaban J connectivity index is 1.87. The molecule has 1 N–H and O–H groups in total. The van der Waals surface area contributed by atoms with Crippen LogP contribution < -0.4 is 5.32 Å². The summed E-state index contributed by atoms with van der Waals surface area (Å²) in [6.07, 6.45) is 7.41. The lowest BCUT2D eigenvalue weighted by Crippen LogP contribution is -2.23. The summed E-state index contributed by atoms with van der Waals surface area (Å²) >= 11 is 0. The van der Waals surface area contributed by atoms with Crippen molar-refractivity contribution >= 4 is 11.5 Å². The molecule has 0 spiro atoms. The Bertz CT molecular complexity index is 512. The van der Waals surface area contributed by atoms with Crippen LogP contribution in [0.3, 0.4) is 0 Å². The van der Waals surface area contributed by atoms with Crippen LogP contribution in [-0.4, -0.2) is 11.9 Å². The number of carbonyl (C=O) groups is 1. The Kier molecular flexibility index (Phi) is 2.94. The molecule has 2 aliphatic carbocycles. The van der Waals surface area contributed by atoms with Gasteiger partial charge in [-0.25, -0.2) is 0 Å². The summed E-state index contributed by atoms with van der Waals surface area (Å²) in [5.74, 6) is 0.0851. The maximum absolute atomic E-state index is 11.9. The van der Waals surface area contributed by atoms with E-state index in [4.69, 9.17) is 0 Å². The molecule has 1 fully saturated rings. The second-order valence-corrected chi connectivity index (χ2v) is 5.47. The van der Waals surface area contributed by atoms with E-state index < -0.39 is 0 Å². The molecule has 0 aliphatic heterocycles. The minimum atomic E-state index is 0.0851. The lowest BCUT2D eigenvalue weighted by molar-refractivity contribution is -0.116. The topological polar surface area (TPSA) is 29.1 Å². The molecule has 0 bridgehead atoms. The van der Waals surface area contributed by atoms with Crippen LogP contribution in [0, 0.1) is 6.92 Å². The Labute approximate surface area is 108 Å². The summed E-state index contributed by atoms with van der Waals surface area (Å²) in [4.78, 5) is 11.9. The zero-order valence-corrected chi connectivity index (χ0v) is 10.8. The van der Waals surface area contributed by atoms with Crippen LogP contribution in [0.25, 0.3) is 5.57 Å². The number of hydrogen-bond donors (Lipinski definition) is 1. The summed E-state index contributed by atoms with van der Waals surface area (Å²) < 4.78 is 0. The van der Waals surface area contributed by atoms with Gasteiger partial charge in [0, 0.05) is 12.1 Å². The number of aryl methyl sites for hydroxylation is 2. The van der Waals surface area contributed by atoms with Crippen LogP contribution in [0.2, 0.25) is 0 Å². The summed E-state index contributed by atoms with van der Waals surface area (Å²) in [7, 11) is 0. The van der Waals surface area contributed by atoms with Crippen LogP contribution in [0.5, 0.6) is 0 Å². The number of fused-ring (bicyclic) bond motifs is 1. The third-order valence-corrected chi connectivity index (χ3v) is 3.73. The lowest BCUT2D eigenvalue weighted by atomic mass is 9.86. The molecule has 1 amide bonds. The Morgan fingerprint density at radius 1 is 1.33 bits per heavy atom. The SMILES string of the molecule is Cc1ccc2c(c1)/C(=C/C(=O)NC1CC1)CCC2. The van der Waals surface area contributed by atoms with E-state index in [0.29, 0.717) is 6.04 Å². The van der Waals surface area contributed by atoms with Crippen LogP contribution in [0.1, 0.15) is 42.4 Å². The second kappa shape index (κ2) is 4.60. The molecule has 1 aromatic carbocycles. The van der Waals surface area contributed by atoms with Gasteiger partial charge < -0.3 is 5.32 Å². The summed E-state index contributed by atoms with van der Waals surface area (Å²) in [5, 5.41) is 3.03. The summed E-state index contributed by atoms with van der Waals surface area (Å²) in [6.45, 7) is 2.11. The van der Waals surface area contributed by atoms with E-state index in [1.165, 1.54) is 22.3 Å². The first-order valence-electron chi connectivity index (χ1n) is 6.83. The highest BCUT2D eigenvalue weighted by Crippen LogP contribution is 2.31. The fourth-order valence-corrected chi connectivity index (χ4v) is 2.59. The zero-order chi connectivity index (χ0) is 12.5. The van der Waals surface area contributed by atoms with Crippen molar-refractivity contribution in [2.45, 2.75) is 45.1 Å². The fourth-order valence-electron chi connectivity index (χ4n) is 2.59. The Morgan fingerprint density at radius 3 is 2.94 bits per heavy atom. The number of hydrogen-bond acceptors (Lipinski definition) is 1. The number of benzene rings is 1. The van der Waals surface area contributed by atoms with Crippen molar-refractivity contribution in [3.63, 3.8) is 0 Å². The van der Waals surface area contributed by atoms with Crippen molar-refractivity contribution in [3.05, 3.63) is 41.0 Å². The quantitative estimate of drug-likeness (QED) is 0.792. The minimum absolute atomic E-state index is 0.0851. The number of nitrogens with one attached hydrogen (secondary N) is 1. The largest absolute Gasteiger partial charge is 0.350 e. The van der Waals surface area contributed by atoms with E-state index in [-0.39, 0.29) is 5.91 Å². The number of carbonyl (C=O) groups excluding carboxylic acids is 1. The zero-order valence-electron chi connectivity index (χ0n) is 10.8. The van der Waals surface area contributed by atoms with Gasteiger partial charge in [-0.3, -0.25) is 4.79 Å². The van der Waals surface area contributed by atoms with Gasteiger partial charge in [0.2, 0.25) is 5.91 Å². The van der Waals surface area contributed by atoms with Crippen molar-refractivity contribution in [1.29, 1.82) is 0 Å². The molecule has 1 saturated carbocycles. The molecule has 2 aliphatic rings. The number of amides is 1. The molecule has 0 aromatic heterocycles. The average Bonchev–Trinajstić information content (AvgIpc) is 3.14. The predicted octanol–water partition coefficient (Wildman–Crippen LogP) is 2.99. The Morgan fingerprint density at radius 2 is 2.17 bits per heavy atom. The van der Waals surface area contributed by atoms with E-state index in [1.807, 2.05) is 6.08 Å². The molecule has 18 heavy (non-hydrogen) atoms. The molecule has 0 heterocycles. The fraction of sp³-hybridized carbons (Fsp3) is 0.438. The molecule has 2 nitrogen and oxygen atoms in total. The minimum Gasteiger partial charge on any atom is -0.350 e. The molecule has 0 radical (unpaired) electrons. The first-order valence-corrected chi connectivity index (χ1v) is 6.83. The van der Waals surface area contributed by atoms with Gasteiger partial charge in [0.05, 0.1) is 0 Å². The second-order valence-electron chi connectivity index (χ2n) is 5.47.